The summed E-state index contributed by atoms with van der Waals surface area (Å²) in [6.07, 6.45) is 0.845. The van der Waals surface area contributed by atoms with Crippen molar-refractivity contribution >= 4 is 5.91 Å². The molecule has 2 aliphatic heterocycles. The van der Waals surface area contributed by atoms with Crippen molar-refractivity contribution in [2.75, 3.05) is 19.7 Å². The Labute approximate surface area is 151 Å². The SMILES string of the molecule is O=C(N[C@@H]1C[C@H]2CO[C@@H](c3ccccc3)CN2C1)c1ccc(F)cc1O. The van der Waals surface area contributed by atoms with E-state index in [2.05, 4.69) is 22.3 Å². The zero-order chi connectivity index (χ0) is 18.1. The Morgan fingerprint density at radius 3 is 2.77 bits per heavy atom. The number of halogens is 1. The second kappa shape index (κ2) is 7.05. The number of nitrogens with one attached hydrogen (secondary N) is 1. The summed E-state index contributed by atoms with van der Waals surface area (Å²) in [5.74, 6) is -1.29. The summed E-state index contributed by atoms with van der Waals surface area (Å²) in [5, 5.41) is 12.7. The van der Waals surface area contributed by atoms with Crippen LogP contribution in [0.15, 0.2) is 48.5 Å². The van der Waals surface area contributed by atoms with Gasteiger partial charge >= 0.3 is 0 Å². The summed E-state index contributed by atoms with van der Waals surface area (Å²) in [6, 6.07) is 13.8. The number of aromatic hydroxyl groups is 1. The van der Waals surface area contributed by atoms with Crippen LogP contribution < -0.4 is 5.32 Å². The number of ether oxygens (including phenoxy) is 1. The molecule has 5 nitrogen and oxygen atoms in total. The highest BCUT2D eigenvalue weighted by molar-refractivity contribution is 5.97. The Kier molecular flexibility index (Phi) is 4.61. The smallest absolute Gasteiger partial charge is 0.255 e. The van der Waals surface area contributed by atoms with Gasteiger partial charge in [0.2, 0.25) is 0 Å². The van der Waals surface area contributed by atoms with Crippen molar-refractivity contribution in [3.05, 3.63) is 65.5 Å². The number of benzene rings is 2. The fraction of sp³-hybridized carbons (Fsp3) is 0.350. The summed E-state index contributed by atoms with van der Waals surface area (Å²) in [4.78, 5) is 14.7. The molecule has 2 N–H and O–H groups in total. The first-order valence-electron chi connectivity index (χ1n) is 8.80. The van der Waals surface area contributed by atoms with E-state index in [1.807, 2.05) is 18.2 Å². The van der Waals surface area contributed by atoms with Crippen LogP contribution in [0.1, 0.15) is 28.4 Å². The molecule has 0 aromatic heterocycles. The van der Waals surface area contributed by atoms with Gasteiger partial charge in [-0.25, -0.2) is 4.39 Å². The molecule has 2 fully saturated rings. The van der Waals surface area contributed by atoms with Gasteiger partial charge in [0.15, 0.2) is 0 Å². The first-order valence-corrected chi connectivity index (χ1v) is 8.80. The standard InChI is InChI=1S/C20H21FN2O3/c21-14-6-7-17(18(24)8-14)20(25)22-15-9-16-12-26-19(11-23(16)10-15)13-4-2-1-3-5-13/h1-8,15-16,19,24H,9-12H2,(H,22,25)/t15-,16+,19-/m1/s1. The minimum Gasteiger partial charge on any atom is -0.507 e. The molecule has 26 heavy (non-hydrogen) atoms. The van der Waals surface area contributed by atoms with Crippen molar-refractivity contribution in [3.63, 3.8) is 0 Å². The van der Waals surface area contributed by atoms with E-state index < -0.39 is 5.82 Å². The molecular weight excluding hydrogens is 335 g/mol. The normalized spacial score (nSPS) is 25.7. The number of morpholine rings is 1. The van der Waals surface area contributed by atoms with E-state index >= 15 is 0 Å². The van der Waals surface area contributed by atoms with Gasteiger partial charge in [-0.05, 0) is 24.1 Å². The molecule has 2 heterocycles. The molecule has 0 unspecified atom stereocenters. The molecule has 6 heteroatoms. The van der Waals surface area contributed by atoms with E-state index in [1.54, 1.807) is 0 Å². The number of amides is 1. The van der Waals surface area contributed by atoms with E-state index in [1.165, 1.54) is 12.1 Å². The summed E-state index contributed by atoms with van der Waals surface area (Å²) in [5.41, 5.74) is 1.25. The van der Waals surface area contributed by atoms with Crippen LogP contribution in [-0.4, -0.2) is 47.7 Å². The first-order chi connectivity index (χ1) is 12.6. The molecule has 3 atom stereocenters. The van der Waals surface area contributed by atoms with Gasteiger partial charge in [0.05, 0.1) is 18.3 Å². The second-order valence-corrected chi connectivity index (χ2v) is 6.91. The molecule has 0 aliphatic carbocycles. The third kappa shape index (κ3) is 3.43. The summed E-state index contributed by atoms with van der Waals surface area (Å²) >= 11 is 0. The monoisotopic (exact) mass is 356 g/mol. The Morgan fingerprint density at radius 2 is 2.00 bits per heavy atom. The van der Waals surface area contributed by atoms with Crippen LogP contribution >= 0.6 is 0 Å². The third-order valence-corrected chi connectivity index (χ3v) is 5.13. The van der Waals surface area contributed by atoms with Crippen molar-refractivity contribution in [2.24, 2.45) is 0 Å². The largest absolute Gasteiger partial charge is 0.507 e. The number of rotatable bonds is 3. The van der Waals surface area contributed by atoms with Gasteiger partial charge in [-0.15, -0.1) is 0 Å². The zero-order valence-corrected chi connectivity index (χ0v) is 14.3. The van der Waals surface area contributed by atoms with Crippen molar-refractivity contribution < 1.29 is 19.0 Å². The van der Waals surface area contributed by atoms with Crippen molar-refractivity contribution in [1.29, 1.82) is 0 Å². The molecular formula is C20H21FN2O3. The summed E-state index contributed by atoms with van der Waals surface area (Å²) in [6.45, 7) is 2.17. The molecule has 0 radical (unpaired) electrons. The van der Waals surface area contributed by atoms with Crippen LogP contribution in [0.3, 0.4) is 0 Å². The van der Waals surface area contributed by atoms with Crippen LogP contribution in [0.25, 0.3) is 0 Å². The number of hydrogen-bond acceptors (Lipinski definition) is 4. The molecule has 2 aromatic carbocycles. The number of phenolic OH excluding ortho intramolecular Hbond substituents is 1. The van der Waals surface area contributed by atoms with Gasteiger partial charge in [-0.2, -0.15) is 0 Å². The number of hydrogen-bond donors (Lipinski definition) is 2. The molecule has 136 valence electrons. The summed E-state index contributed by atoms with van der Waals surface area (Å²) in [7, 11) is 0. The summed E-state index contributed by atoms with van der Waals surface area (Å²) < 4.78 is 19.1. The van der Waals surface area contributed by atoms with Crippen LogP contribution in [-0.2, 0) is 4.74 Å². The number of nitrogens with zero attached hydrogens (tertiary/aromatic N) is 1. The maximum Gasteiger partial charge on any atom is 0.255 e. The lowest BCUT2D eigenvalue weighted by atomic mass is 10.1. The number of fused-ring (bicyclic) bond motifs is 1. The van der Waals surface area contributed by atoms with Gasteiger partial charge in [-0.1, -0.05) is 30.3 Å². The number of phenols is 1. The molecule has 1 amide bonds. The van der Waals surface area contributed by atoms with E-state index in [-0.39, 0.29) is 35.4 Å². The van der Waals surface area contributed by atoms with Crippen molar-refractivity contribution in [1.82, 2.24) is 10.2 Å². The minimum absolute atomic E-state index is 0.0184. The average molecular weight is 356 g/mol. The van der Waals surface area contributed by atoms with Crippen LogP contribution in [0.5, 0.6) is 5.75 Å². The lowest BCUT2D eigenvalue weighted by Crippen LogP contribution is -2.43. The van der Waals surface area contributed by atoms with Gasteiger partial charge in [-0.3, -0.25) is 9.69 Å². The molecule has 4 rings (SSSR count). The molecule has 0 saturated carbocycles. The van der Waals surface area contributed by atoms with Crippen molar-refractivity contribution in [2.45, 2.75) is 24.6 Å². The zero-order valence-electron chi connectivity index (χ0n) is 14.3. The van der Waals surface area contributed by atoms with Crippen LogP contribution in [0, 0.1) is 5.82 Å². The van der Waals surface area contributed by atoms with Crippen molar-refractivity contribution in [3.8, 4) is 5.75 Å². The van der Waals surface area contributed by atoms with E-state index in [9.17, 15) is 14.3 Å². The fourth-order valence-electron chi connectivity index (χ4n) is 3.81. The fourth-order valence-corrected chi connectivity index (χ4v) is 3.81. The van der Waals surface area contributed by atoms with E-state index in [0.29, 0.717) is 6.61 Å². The Morgan fingerprint density at radius 1 is 1.19 bits per heavy atom. The highest BCUT2D eigenvalue weighted by atomic mass is 19.1. The first kappa shape index (κ1) is 17.0. The molecule has 0 bridgehead atoms. The highest BCUT2D eigenvalue weighted by Crippen LogP contribution is 2.30. The highest BCUT2D eigenvalue weighted by Gasteiger charge is 2.38. The minimum atomic E-state index is -0.568. The maximum absolute atomic E-state index is 13.1. The van der Waals surface area contributed by atoms with Gasteiger partial charge in [0.25, 0.3) is 5.91 Å². The lowest BCUT2D eigenvalue weighted by molar-refractivity contribution is -0.0502. The molecule has 2 aromatic rings. The number of carbonyl (C=O) groups is 1. The van der Waals surface area contributed by atoms with Crippen LogP contribution in [0.2, 0.25) is 0 Å². The maximum atomic E-state index is 13.1. The van der Waals surface area contributed by atoms with E-state index in [0.717, 1.165) is 31.1 Å². The van der Waals surface area contributed by atoms with E-state index in [4.69, 9.17) is 4.74 Å². The van der Waals surface area contributed by atoms with Gasteiger partial charge in [0, 0.05) is 31.2 Å². The Balaban J connectivity index is 1.38. The predicted octanol–water partition coefficient (Wildman–Crippen LogP) is 2.48. The van der Waals surface area contributed by atoms with Crippen LogP contribution in [0.4, 0.5) is 4.39 Å². The number of carbonyl (C=O) groups excluding carboxylic acids is 1. The lowest BCUT2D eigenvalue weighted by Gasteiger charge is -2.35. The topological polar surface area (TPSA) is 61.8 Å². The van der Waals surface area contributed by atoms with Gasteiger partial charge < -0.3 is 15.2 Å². The Bertz CT molecular complexity index is 799. The predicted molar refractivity (Wildman–Crippen MR) is 94.4 cm³/mol. The second-order valence-electron chi connectivity index (χ2n) is 6.91. The molecule has 0 spiro atoms. The third-order valence-electron chi connectivity index (χ3n) is 5.13. The average Bonchev–Trinajstić information content (AvgIpc) is 3.03. The Hall–Kier alpha value is -2.44. The molecule has 2 aliphatic rings. The van der Waals surface area contributed by atoms with Gasteiger partial charge in [0.1, 0.15) is 11.6 Å². The quantitative estimate of drug-likeness (QED) is 0.887. The molecule has 2 saturated heterocycles.